The molecule has 0 aliphatic rings. The average molecular weight is 667 g/mol. The first-order valence-electron chi connectivity index (χ1n) is 14.8. The monoisotopic (exact) mass is 665 g/mol. The number of sulfonamides is 1. The van der Waals surface area contributed by atoms with Gasteiger partial charge >= 0.3 is 0 Å². The van der Waals surface area contributed by atoms with E-state index in [1.54, 1.807) is 60.7 Å². The van der Waals surface area contributed by atoms with E-state index in [9.17, 15) is 18.0 Å². The van der Waals surface area contributed by atoms with Gasteiger partial charge in [0.1, 0.15) is 12.6 Å². The number of halogens is 2. The number of hydrogen-bond donors (Lipinski definition) is 1. The maximum atomic E-state index is 14.5. The Hall–Kier alpha value is -3.85. The molecule has 0 fully saturated rings. The Morgan fingerprint density at radius 2 is 1.44 bits per heavy atom. The lowest BCUT2D eigenvalue weighted by atomic mass is 10.0. The number of benzene rings is 4. The molecular formula is C35H37Cl2N3O4S. The summed E-state index contributed by atoms with van der Waals surface area (Å²) in [7, 11) is -4.25. The zero-order valence-corrected chi connectivity index (χ0v) is 27.7. The van der Waals surface area contributed by atoms with Crippen LogP contribution in [-0.4, -0.2) is 44.3 Å². The third-order valence-corrected chi connectivity index (χ3v) is 9.87. The average Bonchev–Trinajstić information content (AvgIpc) is 3.03. The molecule has 1 unspecified atom stereocenters. The molecule has 0 aliphatic heterocycles. The maximum Gasteiger partial charge on any atom is 0.264 e. The predicted octanol–water partition coefficient (Wildman–Crippen LogP) is 7.05. The summed E-state index contributed by atoms with van der Waals surface area (Å²) in [4.78, 5) is 29.7. The number of unbranched alkanes of at least 4 members (excludes halogenated alkanes) is 1. The minimum Gasteiger partial charge on any atom is -0.354 e. The second kappa shape index (κ2) is 15.9. The van der Waals surface area contributed by atoms with E-state index in [-0.39, 0.29) is 34.5 Å². The molecular weight excluding hydrogens is 629 g/mol. The first-order valence-corrected chi connectivity index (χ1v) is 17.0. The van der Waals surface area contributed by atoms with Crippen LogP contribution in [-0.2, 0) is 32.6 Å². The fourth-order valence-electron chi connectivity index (χ4n) is 4.88. The van der Waals surface area contributed by atoms with Gasteiger partial charge in [0.05, 0.1) is 15.6 Å². The van der Waals surface area contributed by atoms with Gasteiger partial charge in [-0.15, -0.1) is 0 Å². The molecule has 236 valence electrons. The lowest BCUT2D eigenvalue weighted by molar-refractivity contribution is -0.140. The topological polar surface area (TPSA) is 86.8 Å². The van der Waals surface area contributed by atoms with Gasteiger partial charge < -0.3 is 10.2 Å². The highest BCUT2D eigenvalue weighted by atomic mass is 35.5. The fraction of sp³-hybridized carbons (Fsp3) is 0.257. The third kappa shape index (κ3) is 8.87. The first kappa shape index (κ1) is 34.0. The maximum absolute atomic E-state index is 14.5. The highest BCUT2D eigenvalue weighted by Gasteiger charge is 2.35. The number of hydrogen-bond acceptors (Lipinski definition) is 4. The van der Waals surface area contributed by atoms with Crippen LogP contribution >= 0.6 is 23.2 Å². The molecule has 0 saturated heterocycles. The minimum atomic E-state index is -4.25. The summed E-state index contributed by atoms with van der Waals surface area (Å²) < 4.78 is 29.3. The Morgan fingerprint density at radius 3 is 2.09 bits per heavy atom. The molecule has 4 aromatic rings. The van der Waals surface area contributed by atoms with Crippen LogP contribution in [0.25, 0.3) is 0 Å². The molecule has 0 heterocycles. The largest absolute Gasteiger partial charge is 0.354 e. The number of aryl methyl sites for hydroxylation is 1. The van der Waals surface area contributed by atoms with Crippen LogP contribution < -0.4 is 9.62 Å². The Bertz CT molecular complexity index is 1700. The molecule has 0 spiro atoms. The van der Waals surface area contributed by atoms with Crippen molar-refractivity contribution in [1.29, 1.82) is 0 Å². The Kier molecular flexibility index (Phi) is 12.0. The summed E-state index contributed by atoms with van der Waals surface area (Å²) in [6.45, 7) is 3.72. The van der Waals surface area contributed by atoms with E-state index in [2.05, 4.69) is 5.32 Å². The molecule has 4 rings (SSSR count). The molecule has 1 N–H and O–H groups in total. The number of para-hydroxylation sites is 1. The van der Waals surface area contributed by atoms with E-state index in [1.807, 2.05) is 44.2 Å². The van der Waals surface area contributed by atoms with Gasteiger partial charge in [-0.2, -0.15) is 0 Å². The van der Waals surface area contributed by atoms with E-state index in [0.29, 0.717) is 17.1 Å². The summed E-state index contributed by atoms with van der Waals surface area (Å²) in [6.07, 6.45) is 1.87. The highest BCUT2D eigenvalue weighted by Crippen LogP contribution is 2.31. The smallest absolute Gasteiger partial charge is 0.264 e. The normalized spacial score (nSPS) is 11.9. The van der Waals surface area contributed by atoms with Crippen molar-refractivity contribution >= 4 is 50.7 Å². The summed E-state index contributed by atoms with van der Waals surface area (Å²) >= 11 is 13.1. The van der Waals surface area contributed by atoms with Crippen LogP contribution in [0.2, 0.25) is 10.0 Å². The summed E-state index contributed by atoms with van der Waals surface area (Å²) in [5.74, 6) is -0.921. The SMILES string of the molecule is CCCCNC(=O)C(Cc1ccccc1)N(Cc1ccccc1Cl)C(=O)CN(c1ccccc1Cl)S(=O)(=O)c1ccc(C)cc1. The number of carbonyl (C=O) groups is 2. The van der Waals surface area contributed by atoms with Crippen LogP contribution in [0.4, 0.5) is 5.69 Å². The number of anilines is 1. The molecule has 1 atom stereocenters. The van der Waals surface area contributed by atoms with Crippen molar-refractivity contribution < 1.29 is 18.0 Å². The molecule has 2 amide bonds. The Morgan fingerprint density at radius 1 is 0.822 bits per heavy atom. The minimum absolute atomic E-state index is 0.0108. The van der Waals surface area contributed by atoms with Crippen LogP contribution in [0.1, 0.15) is 36.5 Å². The first-order chi connectivity index (χ1) is 21.6. The van der Waals surface area contributed by atoms with Crippen molar-refractivity contribution in [2.75, 3.05) is 17.4 Å². The highest BCUT2D eigenvalue weighted by molar-refractivity contribution is 7.92. The Labute approximate surface area is 275 Å². The van der Waals surface area contributed by atoms with Gasteiger partial charge in [-0.25, -0.2) is 8.42 Å². The summed E-state index contributed by atoms with van der Waals surface area (Å²) in [6, 6.07) is 28.4. The number of nitrogens with zero attached hydrogens (tertiary/aromatic N) is 2. The molecule has 0 bridgehead atoms. The van der Waals surface area contributed by atoms with Gasteiger partial charge in [0.15, 0.2) is 0 Å². The van der Waals surface area contributed by atoms with E-state index in [4.69, 9.17) is 23.2 Å². The second-order valence-electron chi connectivity index (χ2n) is 10.7. The number of amides is 2. The predicted molar refractivity (Wildman–Crippen MR) is 181 cm³/mol. The van der Waals surface area contributed by atoms with Crippen molar-refractivity contribution in [1.82, 2.24) is 10.2 Å². The lowest BCUT2D eigenvalue weighted by Crippen LogP contribution is -2.53. The van der Waals surface area contributed by atoms with Crippen LogP contribution in [0.3, 0.4) is 0 Å². The van der Waals surface area contributed by atoms with Gasteiger partial charge in [0.2, 0.25) is 11.8 Å². The summed E-state index contributed by atoms with van der Waals surface area (Å²) in [5.41, 5.74) is 2.51. The number of rotatable bonds is 14. The van der Waals surface area contributed by atoms with Crippen LogP contribution in [0.15, 0.2) is 108 Å². The second-order valence-corrected chi connectivity index (χ2v) is 13.4. The van der Waals surface area contributed by atoms with Gasteiger partial charge in [-0.05, 0) is 54.8 Å². The third-order valence-electron chi connectivity index (χ3n) is 7.41. The number of carbonyl (C=O) groups excluding carboxylic acids is 2. The quantitative estimate of drug-likeness (QED) is 0.146. The molecule has 0 saturated carbocycles. The van der Waals surface area contributed by atoms with Crippen molar-refractivity contribution in [3.8, 4) is 0 Å². The molecule has 0 radical (unpaired) electrons. The molecule has 0 aliphatic carbocycles. The molecule has 45 heavy (non-hydrogen) atoms. The van der Waals surface area contributed by atoms with Crippen molar-refractivity contribution in [2.45, 2.75) is 50.6 Å². The zero-order chi connectivity index (χ0) is 32.4. The van der Waals surface area contributed by atoms with Crippen molar-refractivity contribution in [3.63, 3.8) is 0 Å². The molecule has 0 aromatic heterocycles. The zero-order valence-electron chi connectivity index (χ0n) is 25.3. The van der Waals surface area contributed by atoms with Crippen LogP contribution in [0.5, 0.6) is 0 Å². The lowest BCUT2D eigenvalue weighted by Gasteiger charge is -2.34. The van der Waals surface area contributed by atoms with Crippen LogP contribution in [0, 0.1) is 6.92 Å². The van der Waals surface area contributed by atoms with Gasteiger partial charge in [-0.3, -0.25) is 13.9 Å². The van der Waals surface area contributed by atoms with Crippen molar-refractivity contribution in [3.05, 3.63) is 130 Å². The molecule has 10 heteroatoms. The van der Waals surface area contributed by atoms with Gasteiger partial charge in [-0.1, -0.05) is 115 Å². The van der Waals surface area contributed by atoms with E-state index in [1.165, 1.54) is 17.0 Å². The van der Waals surface area contributed by atoms with Gasteiger partial charge in [0.25, 0.3) is 10.0 Å². The fourth-order valence-corrected chi connectivity index (χ4v) is 6.79. The standard InChI is InChI=1S/C35H37Cl2N3O4S/c1-3-4-22-38-35(42)33(23-27-12-6-5-7-13-27)39(24-28-14-8-9-15-30(28)36)34(41)25-40(32-17-11-10-16-31(32)37)45(43,44)29-20-18-26(2)19-21-29/h5-21,33H,3-4,22-25H2,1-2H3,(H,38,42). The molecule has 4 aromatic carbocycles. The van der Waals surface area contributed by atoms with Crippen molar-refractivity contribution in [2.24, 2.45) is 0 Å². The van der Waals surface area contributed by atoms with Gasteiger partial charge in [0, 0.05) is 24.5 Å². The van der Waals surface area contributed by atoms with E-state index >= 15 is 0 Å². The van der Waals surface area contributed by atoms with E-state index in [0.717, 1.165) is 28.3 Å². The number of nitrogens with one attached hydrogen (secondary N) is 1. The Balaban J connectivity index is 1.80. The summed E-state index contributed by atoms with van der Waals surface area (Å²) in [5, 5.41) is 3.57. The molecule has 7 nitrogen and oxygen atoms in total. The van der Waals surface area contributed by atoms with E-state index < -0.39 is 28.5 Å².